The van der Waals surface area contributed by atoms with Gasteiger partial charge in [0.25, 0.3) is 0 Å². The van der Waals surface area contributed by atoms with E-state index in [2.05, 4.69) is 41.7 Å². The van der Waals surface area contributed by atoms with Gasteiger partial charge in [0.05, 0.1) is 10.6 Å². The number of hydrogen-bond donors (Lipinski definition) is 1. The first kappa shape index (κ1) is 10.6. The van der Waals surface area contributed by atoms with E-state index in [0.29, 0.717) is 0 Å². The Kier molecular flexibility index (Phi) is 3.38. The third-order valence-corrected chi connectivity index (χ3v) is 3.88. The van der Waals surface area contributed by atoms with Crippen molar-refractivity contribution in [2.75, 3.05) is 11.9 Å². The molecule has 0 bridgehead atoms. The SMILES string of the molecule is CCCNc1nc(-c2cccs2)c(C)s1. The molecular formula is C11H14N2S2. The van der Waals surface area contributed by atoms with Crippen LogP contribution in [-0.2, 0) is 0 Å². The van der Waals surface area contributed by atoms with Crippen molar-refractivity contribution in [3.05, 3.63) is 22.4 Å². The predicted octanol–water partition coefficient (Wildman–Crippen LogP) is 4.00. The van der Waals surface area contributed by atoms with Crippen LogP contribution < -0.4 is 5.32 Å². The molecule has 15 heavy (non-hydrogen) atoms. The van der Waals surface area contributed by atoms with Gasteiger partial charge in [-0.15, -0.1) is 22.7 Å². The van der Waals surface area contributed by atoms with Crippen molar-refractivity contribution in [1.82, 2.24) is 4.98 Å². The van der Waals surface area contributed by atoms with Gasteiger partial charge in [-0.3, -0.25) is 0 Å². The zero-order valence-electron chi connectivity index (χ0n) is 8.91. The second kappa shape index (κ2) is 4.77. The van der Waals surface area contributed by atoms with Gasteiger partial charge in [-0.25, -0.2) is 4.98 Å². The second-order valence-electron chi connectivity index (χ2n) is 3.33. The molecule has 0 unspecified atom stereocenters. The summed E-state index contributed by atoms with van der Waals surface area (Å²) in [4.78, 5) is 7.15. The van der Waals surface area contributed by atoms with Crippen LogP contribution in [0.25, 0.3) is 10.6 Å². The zero-order chi connectivity index (χ0) is 10.7. The maximum Gasteiger partial charge on any atom is 0.183 e. The number of nitrogens with zero attached hydrogens (tertiary/aromatic N) is 1. The Hall–Kier alpha value is -0.870. The molecule has 0 aliphatic rings. The van der Waals surface area contributed by atoms with Crippen LogP contribution >= 0.6 is 22.7 Å². The van der Waals surface area contributed by atoms with Crippen LogP contribution in [0.15, 0.2) is 17.5 Å². The molecule has 0 amide bonds. The Morgan fingerprint density at radius 2 is 2.33 bits per heavy atom. The monoisotopic (exact) mass is 238 g/mol. The Balaban J connectivity index is 2.22. The fraction of sp³-hybridized carbons (Fsp3) is 0.364. The number of aryl methyl sites for hydroxylation is 1. The summed E-state index contributed by atoms with van der Waals surface area (Å²) in [6.07, 6.45) is 1.13. The van der Waals surface area contributed by atoms with E-state index in [1.165, 1.54) is 9.75 Å². The van der Waals surface area contributed by atoms with E-state index in [-0.39, 0.29) is 0 Å². The first-order valence-electron chi connectivity index (χ1n) is 5.06. The van der Waals surface area contributed by atoms with Crippen LogP contribution in [0, 0.1) is 6.92 Å². The van der Waals surface area contributed by atoms with E-state index in [1.807, 2.05) is 0 Å². The second-order valence-corrected chi connectivity index (χ2v) is 5.48. The molecule has 2 heterocycles. The fourth-order valence-corrected chi connectivity index (χ4v) is 3.04. The molecule has 0 saturated heterocycles. The summed E-state index contributed by atoms with van der Waals surface area (Å²) in [6.45, 7) is 5.29. The number of nitrogens with one attached hydrogen (secondary N) is 1. The Labute approximate surface area is 98.0 Å². The van der Waals surface area contributed by atoms with Crippen LogP contribution in [0.3, 0.4) is 0 Å². The molecule has 0 atom stereocenters. The van der Waals surface area contributed by atoms with Crippen LogP contribution in [0.4, 0.5) is 5.13 Å². The molecule has 1 N–H and O–H groups in total. The molecule has 4 heteroatoms. The zero-order valence-corrected chi connectivity index (χ0v) is 10.5. The lowest BCUT2D eigenvalue weighted by atomic mass is 10.3. The van der Waals surface area contributed by atoms with E-state index < -0.39 is 0 Å². The van der Waals surface area contributed by atoms with Gasteiger partial charge in [0, 0.05) is 11.4 Å². The molecule has 0 fully saturated rings. The molecule has 2 nitrogen and oxygen atoms in total. The predicted molar refractivity (Wildman–Crippen MR) is 68.9 cm³/mol. The third-order valence-electron chi connectivity index (χ3n) is 2.08. The van der Waals surface area contributed by atoms with E-state index in [0.717, 1.165) is 23.8 Å². The summed E-state index contributed by atoms with van der Waals surface area (Å²) in [5.74, 6) is 0. The molecule has 0 spiro atoms. The smallest absolute Gasteiger partial charge is 0.183 e. The van der Waals surface area contributed by atoms with Crippen molar-refractivity contribution in [3.63, 3.8) is 0 Å². The van der Waals surface area contributed by atoms with Crippen molar-refractivity contribution in [3.8, 4) is 10.6 Å². The fourth-order valence-electron chi connectivity index (χ4n) is 1.35. The minimum atomic E-state index is 0.997. The molecule has 80 valence electrons. The van der Waals surface area contributed by atoms with Crippen LogP contribution in [0.5, 0.6) is 0 Å². The Morgan fingerprint density at radius 3 is 3.00 bits per heavy atom. The molecule has 0 radical (unpaired) electrons. The Morgan fingerprint density at radius 1 is 1.47 bits per heavy atom. The van der Waals surface area contributed by atoms with Gasteiger partial charge in [-0.05, 0) is 24.8 Å². The molecule has 2 rings (SSSR count). The highest BCUT2D eigenvalue weighted by Crippen LogP contribution is 2.32. The van der Waals surface area contributed by atoms with Crippen molar-refractivity contribution < 1.29 is 0 Å². The molecule has 0 saturated carbocycles. The highest BCUT2D eigenvalue weighted by Gasteiger charge is 2.09. The minimum Gasteiger partial charge on any atom is -0.362 e. The molecule has 0 aliphatic heterocycles. The number of aromatic nitrogens is 1. The van der Waals surface area contributed by atoms with Crippen molar-refractivity contribution >= 4 is 27.8 Å². The topological polar surface area (TPSA) is 24.9 Å². The van der Waals surface area contributed by atoms with Gasteiger partial charge >= 0.3 is 0 Å². The molecular weight excluding hydrogens is 224 g/mol. The number of thiazole rings is 1. The van der Waals surface area contributed by atoms with E-state index in [9.17, 15) is 0 Å². The largest absolute Gasteiger partial charge is 0.362 e. The van der Waals surface area contributed by atoms with E-state index >= 15 is 0 Å². The van der Waals surface area contributed by atoms with E-state index in [1.54, 1.807) is 22.7 Å². The molecule has 2 aromatic heterocycles. The van der Waals surface area contributed by atoms with Crippen molar-refractivity contribution in [2.24, 2.45) is 0 Å². The average molecular weight is 238 g/mol. The number of thiophene rings is 1. The summed E-state index contributed by atoms with van der Waals surface area (Å²) in [6, 6.07) is 4.19. The van der Waals surface area contributed by atoms with Crippen LogP contribution in [0.2, 0.25) is 0 Å². The van der Waals surface area contributed by atoms with Crippen molar-refractivity contribution in [1.29, 1.82) is 0 Å². The summed E-state index contributed by atoms with van der Waals surface area (Å²) in [7, 11) is 0. The lowest BCUT2D eigenvalue weighted by Crippen LogP contribution is -1.98. The maximum atomic E-state index is 4.61. The van der Waals surface area contributed by atoms with Crippen LogP contribution in [0.1, 0.15) is 18.2 Å². The summed E-state index contributed by atoms with van der Waals surface area (Å²) in [5.41, 5.74) is 1.13. The highest BCUT2D eigenvalue weighted by molar-refractivity contribution is 7.17. The molecule has 2 aromatic rings. The summed E-state index contributed by atoms with van der Waals surface area (Å²) in [5, 5.41) is 6.46. The van der Waals surface area contributed by atoms with Gasteiger partial charge in [-0.2, -0.15) is 0 Å². The van der Waals surface area contributed by atoms with Crippen molar-refractivity contribution in [2.45, 2.75) is 20.3 Å². The number of rotatable bonds is 4. The van der Waals surface area contributed by atoms with Gasteiger partial charge in [0.15, 0.2) is 5.13 Å². The minimum absolute atomic E-state index is 0.997. The quantitative estimate of drug-likeness (QED) is 0.870. The lowest BCUT2D eigenvalue weighted by Gasteiger charge is -1.96. The maximum absolute atomic E-state index is 4.61. The lowest BCUT2D eigenvalue weighted by molar-refractivity contribution is 0.976. The first-order chi connectivity index (χ1) is 7.31. The summed E-state index contributed by atoms with van der Waals surface area (Å²) < 4.78 is 0. The normalized spacial score (nSPS) is 10.5. The third kappa shape index (κ3) is 2.38. The van der Waals surface area contributed by atoms with E-state index in [4.69, 9.17) is 0 Å². The Bertz CT molecular complexity index is 418. The number of hydrogen-bond acceptors (Lipinski definition) is 4. The molecule has 0 aliphatic carbocycles. The first-order valence-corrected chi connectivity index (χ1v) is 6.76. The number of anilines is 1. The van der Waals surface area contributed by atoms with Gasteiger partial charge < -0.3 is 5.32 Å². The van der Waals surface area contributed by atoms with Crippen LogP contribution in [-0.4, -0.2) is 11.5 Å². The molecule has 0 aromatic carbocycles. The standard InChI is InChI=1S/C11H14N2S2/c1-3-6-12-11-13-10(8(2)15-11)9-5-4-7-14-9/h4-5,7H,3,6H2,1-2H3,(H,12,13). The van der Waals surface area contributed by atoms with Gasteiger partial charge in [-0.1, -0.05) is 13.0 Å². The highest BCUT2D eigenvalue weighted by atomic mass is 32.1. The van der Waals surface area contributed by atoms with Gasteiger partial charge in [0.1, 0.15) is 0 Å². The van der Waals surface area contributed by atoms with Gasteiger partial charge in [0.2, 0.25) is 0 Å². The average Bonchev–Trinajstić information content (AvgIpc) is 2.83. The summed E-state index contributed by atoms with van der Waals surface area (Å²) >= 11 is 3.48.